The summed E-state index contributed by atoms with van der Waals surface area (Å²) in [6.45, 7) is 9.40. The van der Waals surface area contributed by atoms with Gasteiger partial charge in [-0.25, -0.2) is 9.97 Å². The van der Waals surface area contributed by atoms with Crippen LogP contribution in [0.25, 0.3) is 0 Å². The third kappa shape index (κ3) is 6.26. The number of hydrogen-bond acceptors (Lipinski definition) is 5. The van der Waals surface area contributed by atoms with E-state index >= 15 is 0 Å². The molecule has 1 heterocycles. The molecule has 2 rings (SSSR count). The molecular weight excluding hydrogens is 356 g/mol. The van der Waals surface area contributed by atoms with Gasteiger partial charge in [0, 0.05) is 31.2 Å². The number of nitrogens with one attached hydrogen (secondary N) is 2. The number of rotatable bonds is 9. The Balaban J connectivity index is 2.03. The Morgan fingerprint density at radius 1 is 1.25 bits per heavy atom. The molecule has 3 atom stereocenters. The third-order valence-corrected chi connectivity index (χ3v) is 4.99. The summed E-state index contributed by atoms with van der Waals surface area (Å²) in [6, 6.07) is 1.51. The van der Waals surface area contributed by atoms with Crippen molar-refractivity contribution in [1.82, 2.24) is 20.6 Å². The van der Waals surface area contributed by atoms with Crippen LogP contribution in [-0.4, -0.2) is 47.1 Å². The lowest BCUT2D eigenvalue weighted by atomic mass is 9.83. The van der Waals surface area contributed by atoms with Gasteiger partial charge in [0.15, 0.2) is 0 Å². The van der Waals surface area contributed by atoms with Crippen LogP contribution in [0.5, 0.6) is 0 Å². The van der Waals surface area contributed by atoms with Crippen LogP contribution in [0.1, 0.15) is 82.0 Å². The van der Waals surface area contributed by atoms with Crippen molar-refractivity contribution in [1.29, 1.82) is 0 Å². The summed E-state index contributed by atoms with van der Waals surface area (Å²) in [4.78, 5) is 33.7. The van der Waals surface area contributed by atoms with E-state index in [1.54, 1.807) is 12.3 Å². The quantitative estimate of drug-likeness (QED) is 0.676. The second-order valence-electron chi connectivity index (χ2n) is 7.74. The summed E-state index contributed by atoms with van der Waals surface area (Å²) < 4.78 is 6.00. The van der Waals surface area contributed by atoms with Gasteiger partial charge in [0.2, 0.25) is 5.91 Å². The zero-order valence-electron chi connectivity index (χ0n) is 17.5. The molecular formula is C21H34N4O3. The van der Waals surface area contributed by atoms with Gasteiger partial charge in [0.1, 0.15) is 11.5 Å². The Bertz CT molecular complexity index is 650. The Morgan fingerprint density at radius 2 is 2.04 bits per heavy atom. The minimum Gasteiger partial charge on any atom is -0.376 e. The minimum atomic E-state index is -0.215. The molecule has 1 aliphatic rings. The van der Waals surface area contributed by atoms with E-state index in [0.29, 0.717) is 37.5 Å². The lowest BCUT2D eigenvalue weighted by Gasteiger charge is -2.35. The lowest BCUT2D eigenvalue weighted by Crippen LogP contribution is -2.50. The van der Waals surface area contributed by atoms with Gasteiger partial charge in [0.25, 0.3) is 5.91 Å². The highest BCUT2D eigenvalue weighted by Gasteiger charge is 2.35. The molecule has 2 amide bonds. The molecule has 2 N–H and O–H groups in total. The Hall–Kier alpha value is -2.02. The largest absolute Gasteiger partial charge is 0.376 e. The standard InChI is InChI=1S/C21H34N4O3/c1-5-10-23-20(26)15-7-8-16(18(13-15)28-12-6-2)25-21(27)17-9-11-22-19(24-17)14(3)4/h9,11,14-16,18H,5-8,10,12-13H2,1-4H3,(H,23,26)(H,25,27)/t15-,16+,18+/m0/s1. The zero-order valence-corrected chi connectivity index (χ0v) is 17.5. The molecule has 0 spiro atoms. The summed E-state index contributed by atoms with van der Waals surface area (Å²) >= 11 is 0. The molecule has 1 aromatic rings. The monoisotopic (exact) mass is 390 g/mol. The fourth-order valence-electron chi connectivity index (χ4n) is 3.40. The number of nitrogens with zero attached hydrogens (tertiary/aromatic N) is 2. The van der Waals surface area contributed by atoms with Crippen molar-refractivity contribution in [3.05, 3.63) is 23.8 Å². The molecule has 156 valence electrons. The van der Waals surface area contributed by atoms with E-state index < -0.39 is 0 Å². The van der Waals surface area contributed by atoms with E-state index in [4.69, 9.17) is 4.74 Å². The van der Waals surface area contributed by atoms with Crippen LogP contribution in [0.3, 0.4) is 0 Å². The van der Waals surface area contributed by atoms with Gasteiger partial charge in [-0.1, -0.05) is 27.7 Å². The molecule has 0 unspecified atom stereocenters. The number of carbonyl (C=O) groups excluding carboxylic acids is 2. The summed E-state index contributed by atoms with van der Waals surface area (Å²) in [5.41, 5.74) is 0.371. The molecule has 28 heavy (non-hydrogen) atoms. The van der Waals surface area contributed by atoms with Gasteiger partial charge in [-0.3, -0.25) is 9.59 Å². The first-order valence-electron chi connectivity index (χ1n) is 10.5. The third-order valence-electron chi connectivity index (χ3n) is 4.99. The second kappa shape index (κ2) is 11.1. The van der Waals surface area contributed by atoms with Gasteiger partial charge in [-0.05, 0) is 38.2 Å². The van der Waals surface area contributed by atoms with Crippen molar-refractivity contribution in [2.24, 2.45) is 5.92 Å². The van der Waals surface area contributed by atoms with Gasteiger partial charge in [0.05, 0.1) is 12.1 Å². The van der Waals surface area contributed by atoms with Crippen LogP contribution in [0.15, 0.2) is 12.3 Å². The Morgan fingerprint density at radius 3 is 2.71 bits per heavy atom. The normalized spacial score (nSPS) is 22.1. The first kappa shape index (κ1) is 22.3. The van der Waals surface area contributed by atoms with E-state index in [-0.39, 0.29) is 35.8 Å². The summed E-state index contributed by atoms with van der Waals surface area (Å²) in [6.07, 6.45) is 5.36. The van der Waals surface area contributed by atoms with Gasteiger partial charge in [-0.15, -0.1) is 0 Å². The highest BCUT2D eigenvalue weighted by Crippen LogP contribution is 2.27. The first-order valence-corrected chi connectivity index (χ1v) is 10.5. The van der Waals surface area contributed by atoms with Crippen molar-refractivity contribution in [2.45, 2.75) is 77.9 Å². The summed E-state index contributed by atoms with van der Waals surface area (Å²) in [7, 11) is 0. The first-order chi connectivity index (χ1) is 13.5. The van der Waals surface area contributed by atoms with Gasteiger partial charge < -0.3 is 15.4 Å². The molecule has 7 heteroatoms. The van der Waals surface area contributed by atoms with Crippen LogP contribution < -0.4 is 10.6 Å². The average molecular weight is 391 g/mol. The number of ether oxygens (including phenoxy) is 1. The SMILES string of the molecule is CCCNC(=O)[C@H]1CC[C@@H](NC(=O)c2ccnc(C(C)C)n2)[C@H](OCCC)C1. The predicted octanol–water partition coefficient (Wildman–Crippen LogP) is 2.82. The molecule has 0 radical (unpaired) electrons. The number of carbonyl (C=O) groups is 2. The number of amides is 2. The second-order valence-corrected chi connectivity index (χ2v) is 7.74. The van der Waals surface area contributed by atoms with E-state index in [1.165, 1.54) is 0 Å². The summed E-state index contributed by atoms with van der Waals surface area (Å²) in [5, 5.41) is 6.06. The average Bonchev–Trinajstić information content (AvgIpc) is 2.71. The number of hydrogen-bond donors (Lipinski definition) is 2. The highest BCUT2D eigenvalue weighted by atomic mass is 16.5. The molecule has 1 fully saturated rings. The molecule has 0 bridgehead atoms. The van der Waals surface area contributed by atoms with Crippen molar-refractivity contribution in [2.75, 3.05) is 13.2 Å². The lowest BCUT2D eigenvalue weighted by molar-refractivity contribution is -0.128. The Labute approximate surface area is 168 Å². The maximum atomic E-state index is 12.7. The molecule has 1 saturated carbocycles. The fourth-order valence-corrected chi connectivity index (χ4v) is 3.40. The van der Waals surface area contributed by atoms with E-state index in [2.05, 4.69) is 27.5 Å². The van der Waals surface area contributed by atoms with E-state index in [0.717, 1.165) is 19.3 Å². The maximum absolute atomic E-state index is 12.7. The molecule has 0 aromatic carbocycles. The number of aromatic nitrogens is 2. The summed E-state index contributed by atoms with van der Waals surface area (Å²) in [5.74, 6) is 0.628. The zero-order chi connectivity index (χ0) is 20.5. The van der Waals surface area contributed by atoms with Crippen LogP contribution in [0.2, 0.25) is 0 Å². The van der Waals surface area contributed by atoms with Crippen LogP contribution >= 0.6 is 0 Å². The fraction of sp³-hybridized carbons (Fsp3) is 0.714. The minimum absolute atomic E-state index is 0.0619. The van der Waals surface area contributed by atoms with E-state index in [9.17, 15) is 9.59 Å². The van der Waals surface area contributed by atoms with Gasteiger partial charge >= 0.3 is 0 Å². The van der Waals surface area contributed by atoms with Crippen LogP contribution in [0, 0.1) is 5.92 Å². The molecule has 1 aromatic heterocycles. The predicted molar refractivity (Wildman–Crippen MR) is 108 cm³/mol. The smallest absolute Gasteiger partial charge is 0.270 e. The molecule has 7 nitrogen and oxygen atoms in total. The molecule has 0 aliphatic heterocycles. The molecule has 0 saturated heterocycles. The maximum Gasteiger partial charge on any atom is 0.270 e. The topological polar surface area (TPSA) is 93.2 Å². The van der Waals surface area contributed by atoms with Gasteiger partial charge in [-0.2, -0.15) is 0 Å². The van der Waals surface area contributed by atoms with Crippen molar-refractivity contribution in [3.63, 3.8) is 0 Å². The van der Waals surface area contributed by atoms with Crippen molar-refractivity contribution in [3.8, 4) is 0 Å². The van der Waals surface area contributed by atoms with E-state index in [1.807, 2.05) is 20.8 Å². The van der Waals surface area contributed by atoms with Crippen molar-refractivity contribution >= 4 is 11.8 Å². The highest BCUT2D eigenvalue weighted by molar-refractivity contribution is 5.92. The van der Waals surface area contributed by atoms with Crippen LogP contribution in [-0.2, 0) is 9.53 Å². The van der Waals surface area contributed by atoms with Crippen LogP contribution in [0.4, 0.5) is 0 Å². The Kier molecular flexibility index (Phi) is 8.83. The molecule has 1 aliphatic carbocycles. The van der Waals surface area contributed by atoms with Crippen molar-refractivity contribution < 1.29 is 14.3 Å².